The zero-order chi connectivity index (χ0) is 23.0. The summed E-state index contributed by atoms with van der Waals surface area (Å²) in [4.78, 5) is 18.4. The molecule has 0 aliphatic carbocycles. The number of piperazine rings is 1. The molecule has 0 radical (unpaired) electrons. The molecule has 0 saturated carbocycles. The van der Waals surface area contributed by atoms with Crippen molar-refractivity contribution in [1.82, 2.24) is 14.6 Å². The second-order valence-electron chi connectivity index (χ2n) is 8.19. The highest BCUT2D eigenvalue weighted by Gasteiger charge is 2.30. The highest BCUT2D eigenvalue weighted by Crippen LogP contribution is 2.30. The van der Waals surface area contributed by atoms with Crippen molar-refractivity contribution in [3.8, 4) is 11.3 Å². The van der Waals surface area contributed by atoms with Crippen LogP contribution in [0, 0.1) is 5.82 Å². The van der Waals surface area contributed by atoms with Gasteiger partial charge in [0, 0.05) is 56.0 Å². The zero-order valence-corrected chi connectivity index (χ0v) is 19.4. The number of amides is 1. The van der Waals surface area contributed by atoms with Crippen LogP contribution in [0.25, 0.3) is 11.3 Å². The first-order valence-corrected chi connectivity index (χ1v) is 13.1. The number of nitrogens with one attached hydrogen (secondary N) is 1. The molecule has 3 heterocycles. The van der Waals surface area contributed by atoms with Crippen molar-refractivity contribution in [3.63, 3.8) is 0 Å². The van der Waals surface area contributed by atoms with E-state index in [-0.39, 0.29) is 22.5 Å². The van der Waals surface area contributed by atoms with E-state index in [0.717, 1.165) is 22.0 Å². The van der Waals surface area contributed by atoms with Gasteiger partial charge < -0.3 is 10.2 Å². The molecule has 2 saturated heterocycles. The van der Waals surface area contributed by atoms with Crippen LogP contribution >= 0.6 is 11.3 Å². The third kappa shape index (κ3) is 4.50. The summed E-state index contributed by atoms with van der Waals surface area (Å²) < 4.78 is 40.9. The number of benzene rings is 2. The molecular formula is C23H23FN4O3S2. The van der Waals surface area contributed by atoms with Crippen LogP contribution in [0.1, 0.15) is 17.9 Å². The number of hydrogen-bond donors (Lipinski definition) is 1. The minimum atomic E-state index is -3.59. The summed E-state index contributed by atoms with van der Waals surface area (Å²) in [6, 6.07) is 13.1. The van der Waals surface area contributed by atoms with Crippen LogP contribution in [0.15, 0.2) is 58.8 Å². The molecule has 0 unspecified atom stereocenters. The smallest absolute Gasteiger partial charge is 0.243 e. The van der Waals surface area contributed by atoms with Gasteiger partial charge in [0.05, 0.1) is 10.6 Å². The van der Waals surface area contributed by atoms with Gasteiger partial charge in [0.15, 0.2) is 5.13 Å². The van der Waals surface area contributed by atoms with Crippen molar-refractivity contribution in [2.24, 2.45) is 0 Å². The van der Waals surface area contributed by atoms with Crippen LogP contribution < -0.4 is 10.2 Å². The van der Waals surface area contributed by atoms with Gasteiger partial charge in [0.2, 0.25) is 15.9 Å². The van der Waals surface area contributed by atoms with E-state index in [1.54, 1.807) is 36.4 Å². The fourth-order valence-electron chi connectivity index (χ4n) is 4.18. The molecule has 1 N–H and O–H groups in total. The topological polar surface area (TPSA) is 82.6 Å². The molecule has 0 spiro atoms. The molecule has 1 aromatic heterocycles. The Labute approximate surface area is 195 Å². The number of anilines is 1. The monoisotopic (exact) mass is 486 g/mol. The zero-order valence-electron chi connectivity index (χ0n) is 17.8. The Morgan fingerprint density at radius 1 is 1.00 bits per heavy atom. The van der Waals surface area contributed by atoms with E-state index >= 15 is 0 Å². The third-order valence-corrected chi connectivity index (χ3v) is 8.92. The maximum atomic E-state index is 13.2. The fraction of sp³-hybridized carbons (Fsp3) is 0.304. The fourth-order valence-corrected chi connectivity index (χ4v) is 6.50. The number of aromatic nitrogens is 1. The second kappa shape index (κ2) is 8.85. The normalized spacial score (nSPS) is 19.6. The van der Waals surface area contributed by atoms with Crippen molar-refractivity contribution in [3.05, 3.63) is 65.3 Å². The Morgan fingerprint density at radius 2 is 1.70 bits per heavy atom. The molecule has 10 heteroatoms. The first-order valence-electron chi connectivity index (χ1n) is 10.7. The molecule has 2 aliphatic rings. The lowest BCUT2D eigenvalue weighted by Crippen LogP contribution is -2.48. The Bertz CT molecular complexity index is 1250. The molecule has 2 aliphatic heterocycles. The van der Waals surface area contributed by atoms with E-state index in [0.29, 0.717) is 39.1 Å². The van der Waals surface area contributed by atoms with Gasteiger partial charge in [-0.05, 0) is 42.0 Å². The van der Waals surface area contributed by atoms with Crippen LogP contribution in [0.3, 0.4) is 0 Å². The highest BCUT2D eigenvalue weighted by molar-refractivity contribution is 7.89. The summed E-state index contributed by atoms with van der Waals surface area (Å²) >= 11 is 1.50. The van der Waals surface area contributed by atoms with E-state index in [9.17, 15) is 17.6 Å². The van der Waals surface area contributed by atoms with E-state index < -0.39 is 10.0 Å². The molecule has 172 valence electrons. The molecule has 5 rings (SSSR count). The van der Waals surface area contributed by atoms with Crippen molar-refractivity contribution in [2.45, 2.75) is 17.2 Å². The minimum Gasteiger partial charge on any atom is -0.355 e. The molecule has 2 aromatic carbocycles. The lowest BCUT2D eigenvalue weighted by atomic mass is 9.99. The first-order chi connectivity index (χ1) is 15.9. The molecule has 7 nitrogen and oxygen atoms in total. The Kier molecular flexibility index (Phi) is 5.90. The summed E-state index contributed by atoms with van der Waals surface area (Å²) in [5.74, 6) is -0.165. The Balaban J connectivity index is 1.23. The van der Waals surface area contributed by atoms with Gasteiger partial charge >= 0.3 is 0 Å². The number of thiazole rings is 1. The summed E-state index contributed by atoms with van der Waals surface area (Å²) in [6.07, 6.45) is 0.438. The summed E-state index contributed by atoms with van der Waals surface area (Å²) in [5.41, 5.74) is 2.60. The average Bonchev–Trinajstić information content (AvgIpc) is 3.49. The van der Waals surface area contributed by atoms with Crippen molar-refractivity contribution >= 4 is 32.4 Å². The second-order valence-corrected chi connectivity index (χ2v) is 11.0. The van der Waals surface area contributed by atoms with Gasteiger partial charge in [-0.2, -0.15) is 4.31 Å². The predicted octanol–water partition coefficient (Wildman–Crippen LogP) is 3.06. The number of halogens is 1. The molecule has 3 aromatic rings. The maximum Gasteiger partial charge on any atom is 0.243 e. The lowest BCUT2D eigenvalue weighted by molar-refractivity contribution is -0.119. The molecule has 1 amide bonds. The number of carbonyl (C=O) groups excluding carboxylic acids is 1. The summed E-state index contributed by atoms with van der Waals surface area (Å²) in [5, 5.41) is 5.57. The van der Waals surface area contributed by atoms with Crippen molar-refractivity contribution in [2.75, 3.05) is 37.6 Å². The molecule has 2 fully saturated rings. The van der Waals surface area contributed by atoms with E-state index in [2.05, 4.69) is 15.2 Å². The quantitative estimate of drug-likeness (QED) is 0.600. The Morgan fingerprint density at radius 3 is 2.33 bits per heavy atom. The molecule has 0 bridgehead atoms. The van der Waals surface area contributed by atoms with Crippen LogP contribution in [0.5, 0.6) is 0 Å². The lowest BCUT2D eigenvalue weighted by Gasteiger charge is -2.33. The van der Waals surface area contributed by atoms with Crippen molar-refractivity contribution in [1.29, 1.82) is 0 Å². The number of carbonyl (C=O) groups is 1. The maximum absolute atomic E-state index is 13.2. The summed E-state index contributed by atoms with van der Waals surface area (Å²) in [7, 11) is -3.59. The van der Waals surface area contributed by atoms with Crippen LogP contribution in [-0.2, 0) is 14.8 Å². The van der Waals surface area contributed by atoms with Crippen LogP contribution in [0.4, 0.5) is 9.52 Å². The van der Waals surface area contributed by atoms with Gasteiger partial charge in [-0.15, -0.1) is 11.3 Å². The minimum absolute atomic E-state index is 0.0274. The number of hydrogen-bond acceptors (Lipinski definition) is 6. The van der Waals surface area contributed by atoms with Gasteiger partial charge in [0.1, 0.15) is 5.82 Å². The average molecular weight is 487 g/mol. The highest BCUT2D eigenvalue weighted by atomic mass is 32.2. The van der Waals surface area contributed by atoms with Gasteiger partial charge in [-0.1, -0.05) is 12.1 Å². The number of sulfonamides is 1. The van der Waals surface area contributed by atoms with Gasteiger partial charge in [-0.25, -0.2) is 17.8 Å². The third-order valence-electron chi connectivity index (χ3n) is 6.11. The van der Waals surface area contributed by atoms with Crippen molar-refractivity contribution < 1.29 is 17.6 Å². The molecular weight excluding hydrogens is 463 g/mol. The molecule has 33 heavy (non-hydrogen) atoms. The van der Waals surface area contributed by atoms with E-state index in [1.165, 1.54) is 27.8 Å². The first kappa shape index (κ1) is 22.0. The summed E-state index contributed by atoms with van der Waals surface area (Å²) in [6.45, 7) is 2.42. The standard InChI is InChI=1S/C23H23FN4O3S2/c24-19-5-1-17(2-6-19)21-15-32-23(26-21)27-9-11-28(12-10-27)33(30,31)20-7-3-16(4-8-20)18-13-22(29)25-14-18/h1-8,15,18H,9-14H2,(H,25,29)/t18-/m1/s1. The van der Waals surface area contributed by atoms with Gasteiger partial charge in [-0.3, -0.25) is 4.79 Å². The van der Waals surface area contributed by atoms with Crippen LogP contribution in [-0.4, -0.2) is 56.3 Å². The van der Waals surface area contributed by atoms with Crippen LogP contribution in [0.2, 0.25) is 0 Å². The van der Waals surface area contributed by atoms with E-state index in [1.807, 2.05) is 5.38 Å². The largest absolute Gasteiger partial charge is 0.355 e. The predicted molar refractivity (Wildman–Crippen MR) is 125 cm³/mol. The van der Waals surface area contributed by atoms with E-state index in [4.69, 9.17) is 0 Å². The SMILES string of the molecule is O=C1C[C@@H](c2ccc(S(=O)(=O)N3CCN(c4nc(-c5ccc(F)cc5)cs4)CC3)cc2)CN1. The number of rotatable bonds is 5. The molecule has 1 atom stereocenters. The van der Waals surface area contributed by atoms with Gasteiger partial charge in [0.25, 0.3) is 0 Å². The Hall–Kier alpha value is -2.82. The number of nitrogens with zero attached hydrogens (tertiary/aromatic N) is 3.